The van der Waals surface area contributed by atoms with E-state index in [1.165, 1.54) is 17.0 Å². The van der Waals surface area contributed by atoms with Crippen LogP contribution < -0.4 is 9.62 Å². The number of aryl methyl sites for hydroxylation is 2. The highest BCUT2D eigenvalue weighted by molar-refractivity contribution is 7.92. The summed E-state index contributed by atoms with van der Waals surface area (Å²) in [6, 6.07) is 31.7. The first kappa shape index (κ1) is 31.5. The molecular formula is C35H39N3O4S. The number of nitrogens with one attached hydrogen (secondary N) is 1. The maximum absolute atomic E-state index is 14.4. The second-order valence-corrected chi connectivity index (χ2v) is 12.3. The van der Waals surface area contributed by atoms with E-state index in [4.69, 9.17) is 0 Å². The van der Waals surface area contributed by atoms with Crippen LogP contribution in [0, 0.1) is 6.92 Å². The average Bonchev–Trinajstić information content (AvgIpc) is 3.02. The standard InChI is InChI=1S/C35H39N3O4S/c1-4-28-19-21-31(22-20-28)38(43(41,42)32-17-10-7-11-18-32)26-34(39)37(25-30-16-12-13-27(3)23-30)33(35(40)36-5-2)24-29-14-8-6-9-15-29/h6-23,33H,4-5,24-26H2,1-3H3,(H,36,40)/t33-/m0/s1. The third-order valence-electron chi connectivity index (χ3n) is 7.30. The smallest absolute Gasteiger partial charge is 0.264 e. The molecule has 0 aliphatic heterocycles. The van der Waals surface area contributed by atoms with Gasteiger partial charge in [0.2, 0.25) is 11.8 Å². The molecule has 0 aliphatic carbocycles. The fourth-order valence-corrected chi connectivity index (χ4v) is 6.43. The molecule has 4 aromatic carbocycles. The second kappa shape index (κ2) is 14.6. The number of hydrogen-bond donors (Lipinski definition) is 1. The molecule has 0 radical (unpaired) electrons. The number of hydrogen-bond acceptors (Lipinski definition) is 4. The van der Waals surface area contributed by atoms with Gasteiger partial charge < -0.3 is 10.2 Å². The molecule has 0 fully saturated rings. The van der Waals surface area contributed by atoms with Gasteiger partial charge in [0.1, 0.15) is 12.6 Å². The molecule has 0 unspecified atom stereocenters. The summed E-state index contributed by atoms with van der Waals surface area (Å²) in [4.78, 5) is 29.6. The topological polar surface area (TPSA) is 86.8 Å². The minimum Gasteiger partial charge on any atom is -0.355 e. The van der Waals surface area contributed by atoms with Crippen LogP contribution in [-0.2, 0) is 39.0 Å². The van der Waals surface area contributed by atoms with Crippen molar-refractivity contribution in [3.63, 3.8) is 0 Å². The summed E-state index contributed by atoms with van der Waals surface area (Å²) >= 11 is 0. The Balaban J connectivity index is 1.79. The lowest BCUT2D eigenvalue weighted by Gasteiger charge is -2.34. The van der Waals surface area contributed by atoms with Gasteiger partial charge in [0.05, 0.1) is 10.6 Å². The van der Waals surface area contributed by atoms with E-state index in [1.54, 1.807) is 30.3 Å². The Morgan fingerprint density at radius 3 is 2.00 bits per heavy atom. The van der Waals surface area contributed by atoms with Gasteiger partial charge in [-0.1, -0.05) is 97.4 Å². The quantitative estimate of drug-likeness (QED) is 0.220. The molecule has 0 spiro atoms. The lowest BCUT2D eigenvalue weighted by Crippen LogP contribution is -2.53. The summed E-state index contributed by atoms with van der Waals surface area (Å²) in [5.41, 5.74) is 4.19. The molecule has 0 saturated heterocycles. The molecule has 1 atom stereocenters. The third kappa shape index (κ3) is 8.11. The van der Waals surface area contributed by atoms with Gasteiger partial charge in [0.25, 0.3) is 10.0 Å². The van der Waals surface area contributed by atoms with Gasteiger partial charge in [-0.25, -0.2) is 8.42 Å². The number of nitrogens with zero attached hydrogens (tertiary/aromatic N) is 2. The van der Waals surface area contributed by atoms with E-state index in [9.17, 15) is 18.0 Å². The zero-order valence-corrected chi connectivity index (χ0v) is 25.8. The largest absolute Gasteiger partial charge is 0.355 e. The van der Waals surface area contributed by atoms with Crippen molar-refractivity contribution in [3.05, 3.63) is 131 Å². The molecule has 1 N–H and O–H groups in total. The summed E-state index contributed by atoms with van der Waals surface area (Å²) in [6.07, 6.45) is 1.07. The first-order valence-electron chi connectivity index (χ1n) is 14.6. The van der Waals surface area contributed by atoms with Crippen molar-refractivity contribution in [3.8, 4) is 0 Å². The van der Waals surface area contributed by atoms with Gasteiger partial charge in [0.15, 0.2) is 0 Å². The lowest BCUT2D eigenvalue weighted by atomic mass is 10.0. The molecule has 8 heteroatoms. The van der Waals surface area contributed by atoms with Crippen molar-refractivity contribution in [1.82, 2.24) is 10.2 Å². The lowest BCUT2D eigenvalue weighted by molar-refractivity contribution is -0.140. The van der Waals surface area contributed by atoms with Crippen molar-refractivity contribution in [2.45, 2.75) is 51.1 Å². The Hall–Kier alpha value is -4.43. The fraction of sp³-hybridized carbons (Fsp3) is 0.257. The van der Waals surface area contributed by atoms with Gasteiger partial charge >= 0.3 is 0 Å². The van der Waals surface area contributed by atoms with Crippen LogP contribution >= 0.6 is 0 Å². The summed E-state index contributed by atoms with van der Waals surface area (Å²) in [5.74, 6) is -0.773. The number of carbonyl (C=O) groups excluding carboxylic acids is 2. The molecule has 0 bridgehead atoms. The van der Waals surface area contributed by atoms with Crippen LogP contribution in [0.25, 0.3) is 0 Å². The molecule has 0 aromatic heterocycles. The van der Waals surface area contributed by atoms with Crippen molar-refractivity contribution in [2.24, 2.45) is 0 Å². The fourth-order valence-electron chi connectivity index (χ4n) is 5.00. The number of carbonyl (C=O) groups is 2. The Labute approximate surface area is 255 Å². The number of amides is 2. The van der Waals surface area contributed by atoms with Crippen LogP contribution in [0.2, 0.25) is 0 Å². The number of rotatable bonds is 13. The van der Waals surface area contributed by atoms with Crippen LogP contribution in [0.4, 0.5) is 5.69 Å². The molecule has 4 rings (SSSR count). The maximum Gasteiger partial charge on any atom is 0.264 e. The highest BCUT2D eigenvalue weighted by Crippen LogP contribution is 2.25. The molecule has 7 nitrogen and oxygen atoms in total. The van der Waals surface area contributed by atoms with Gasteiger partial charge in [-0.15, -0.1) is 0 Å². The van der Waals surface area contributed by atoms with E-state index in [2.05, 4.69) is 5.32 Å². The van der Waals surface area contributed by atoms with Crippen LogP contribution in [-0.4, -0.2) is 44.3 Å². The maximum atomic E-state index is 14.4. The first-order valence-corrected chi connectivity index (χ1v) is 16.0. The van der Waals surface area contributed by atoms with Crippen molar-refractivity contribution < 1.29 is 18.0 Å². The average molecular weight is 598 g/mol. The van der Waals surface area contributed by atoms with Crippen molar-refractivity contribution in [1.29, 1.82) is 0 Å². The van der Waals surface area contributed by atoms with E-state index in [0.29, 0.717) is 12.2 Å². The Morgan fingerprint density at radius 1 is 0.767 bits per heavy atom. The predicted molar refractivity (Wildman–Crippen MR) is 171 cm³/mol. The summed E-state index contributed by atoms with van der Waals surface area (Å²) < 4.78 is 29.2. The second-order valence-electron chi connectivity index (χ2n) is 10.5. The molecule has 4 aromatic rings. The van der Waals surface area contributed by atoms with Crippen LogP contribution in [0.1, 0.15) is 36.1 Å². The molecule has 2 amide bonds. The monoisotopic (exact) mass is 597 g/mol. The van der Waals surface area contributed by atoms with Crippen molar-refractivity contribution >= 4 is 27.5 Å². The Kier molecular flexibility index (Phi) is 10.7. The molecule has 0 heterocycles. The van der Waals surface area contributed by atoms with Crippen LogP contribution in [0.15, 0.2) is 114 Å². The van der Waals surface area contributed by atoms with Gasteiger partial charge in [0, 0.05) is 19.5 Å². The predicted octanol–water partition coefficient (Wildman–Crippen LogP) is 5.53. The van der Waals surface area contributed by atoms with Gasteiger partial charge in [-0.05, 0) is 61.2 Å². The minimum absolute atomic E-state index is 0.0807. The van der Waals surface area contributed by atoms with Gasteiger partial charge in [-0.3, -0.25) is 13.9 Å². The highest BCUT2D eigenvalue weighted by Gasteiger charge is 2.34. The molecule has 43 heavy (non-hydrogen) atoms. The van der Waals surface area contributed by atoms with E-state index >= 15 is 0 Å². The number of benzene rings is 4. The van der Waals surface area contributed by atoms with Gasteiger partial charge in [-0.2, -0.15) is 0 Å². The molecule has 0 aliphatic rings. The normalized spacial score (nSPS) is 11.9. The van der Waals surface area contributed by atoms with E-state index in [0.717, 1.165) is 33.0 Å². The zero-order valence-electron chi connectivity index (χ0n) is 24.9. The molecule has 0 saturated carbocycles. The van der Waals surface area contributed by atoms with E-state index in [-0.39, 0.29) is 23.8 Å². The zero-order chi connectivity index (χ0) is 30.8. The summed E-state index contributed by atoms with van der Waals surface area (Å²) in [6.45, 7) is 5.89. The summed E-state index contributed by atoms with van der Waals surface area (Å²) in [5, 5.41) is 2.89. The third-order valence-corrected chi connectivity index (χ3v) is 9.09. The number of sulfonamides is 1. The van der Waals surface area contributed by atoms with E-state index < -0.39 is 28.5 Å². The molecule has 224 valence electrons. The minimum atomic E-state index is -4.11. The number of anilines is 1. The Bertz CT molecular complexity index is 1610. The highest BCUT2D eigenvalue weighted by atomic mass is 32.2. The molecular weight excluding hydrogens is 558 g/mol. The van der Waals surface area contributed by atoms with E-state index in [1.807, 2.05) is 87.5 Å². The number of likely N-dealkylation sites (N-methyl/N-ethyl adjacent to an activating group) is 1. The summed E-state index contributed by atoms with van der Waals surface area (Å²) in [7, 11) is -4.11. The SMILES string of the molecule is CCNC(=O)[C@H](Cc1ccccc1)N(Cc1cccc(C)c1)C(=O)CN(c1ccc(CC)cc1)S(=O)(=O)c1ccccc1. The first-order chi connectivity index (χ1) is 20.7. The Morgan fingerprint density at radius 2 is 1.40 bits per heavy atom. The van der Waals surface area contributed by atoms with Crippen LogP contribution in [0.5, 0.6) is 0 Å². The van der Waals surface area contributed by atoms with Crippen LogP contribution in [0.3, 0.4) is 0 Å². The van der Waals surface area contributed by atoms with Crippen molar-refractivity contribution in [2.75, 3.05) is 17.4 Å².